The van der Waals surface area contributed by atoms with Gasteiger partial charge in [0.15, 0.2) is 0 Å². The van der Waals surface area contributed by atoms with Crippen molar-refractivity contribution in [2.24, 2.45) is 0 Å². The smallest absolute Gasteiger partial charge is 0.227 e. The van der Waals surface area contributed by atoms with Crippen LogP contribution in [0.5, 0.6) is 5.75 Å². The molecule has 1 unspecified atom stereocenters. The Morgan fingerprint density at radius 3 is 2.63 bits per heavy atom. The largest absolute Gasteiger partial charge is 0.489 e. The van der Waals surface area contributed by atoms with Gasteiger partial charge < -0.3 is 19.9 Å². The van der Waals surface area contributed by atoms with Crippen LogP contribution in [0.3, 0.4) is 0 Å². The fourth-order valence-corrected chi connectivity index (χ4v) is 3.71. The Morgan fingerprint density at radius 2 is 1.97 bits per heavy atom. The maximum atomic E-state index is 12.0. The van der Waals surface area contributed by atoms with Gasteiger partial charge in [-0.2, -0.15) is 4.98 Å². The third kappa shape index (κ3) is 5.20. The summed E-state index contributed by atoms with van der Waals surface area (Å²) in [5.41, 5.74) is 0.992. The molecule has 162 valence electrons. The number of carbonyl (C=O) groups is 1. The molecule has 1 saturated heterocycles. The number of anilines is 2. The molecule has 1 aliphatic rings. The molecule has 0 spiro atoms. The highest BCUT2D eigenvalue weighted by Crippen LogP contribution is 2.25. The minimum atomic E-state index is -0.168. The van der Waals surface area contributed by atoms with Crippen LogP contribution in [0.4, 0.5) is 11.8 Å². The van der Waals surface area contributed by atoms with E-state index in [-0.39, 0.29) is 17.9 Å². The van der Waals surface area contributed by atoms with Crippen molar-refractivity contribution in [1.29, 1.82) is 0 Å². The molecule has 0 bridgehead atoms. The number of carbonyl (C=O) groups excluding carboxylic acids is 1. The summed E-state index contributed by atoms with van der Waals surface area (Å²) in [4.78, 5) is 25.6. The van der Waals surface area contributed by atoms with Crippen LogP contribution >= 0.6 is 0 Å². The van der Waals surface area contributed by atoms with E-state index in [0.29, 0.717) is 6.54 Å². The lowest BCUT2D eigenvalue weighted by Crippen LogP contribution is -2.28. The lowest BCUT2D eigenvalue weighted by atomic mass is 10.0. The van der Waals surface area contributed by atoms with Crippen molar-refractivity contribution in [2.75, 3.05) is 42.5 Å². The number of aromatic nitrogens is 2. The molecule has 2 atom stereocenters. The van der Waals surface area contributed by atoms with Gasteiger partial charge in [-0.15, -0.1) is 0 Å². The van der Waals surface area contributed by atoms with Crippen LogP contribution in [0.1, 0.15) is 45.6 Å². The molecule has 1 aromatic heterocycles. The number of rotatable bonds is 9. The summed E-state index contributed by atoms with van der Waals surface area (Å²) in [6, 6.07) is 9.83. The monoisotopic (exact) mass is 411 g/mol. The zero-order chi connectivity index (χ0) is 21.5. The number of hydrogen-bond donors (Lipinski definition) is 1. The summed E-state index contributed by atoms with van der Waals surface area (Å²) in [6.07, 6.45) is 2.89. The molecule has 0 aliphatic carbocycles. The Morgan fingerprint density at radius 1 is 1.23 bits per heavy atom. The Balaban J connectivity index is 1.59. The second-order valence-electron chi connectivity index (χ2n) is 7.55. The minimum Gasteiger partial charge on any atom is -0.489 e. The molecule has 7 heteroatoms. The average molecular weight is 412 g/mol. The van der Waals surface area contributed by atoms with Gasteiger partial charge >= 0.3 is 0 Å². The Bertz CT molecular complexity index is 823. The second kappa shape index (κ2) is 10.3. The number of ether oxygens (including phenoxy) is 1. The van der Waals surface area contributed by atoms with Gasteiger partial charge in [-0.1, -0.05) is 12.1 Å². The van der Waals surface area contributed by atoms with Crippen molar-refractivity contribution < 1.29 is 9.53 Å². The number of nitrogens with one attached hydrogen (secondary N) is 1. The summed E-state index contributed by atoms with van der Waals surface area (Å²) in [5, 5.41) is 2.87. The van der Waals surface area contributed by atoms with Crippen molar-refractivity contribution in [3.05, 3.63) is 42.1 Å². The summed E-state index contributed by atoms with van der Waals surface area (Å²) < 4.78 is 6.19. The molecule has 1 N–H and O–H groups in total. The molecular formula is C23H33N5O2. The van der Waals surface area contributed by atoms with Crippen LogP contribution < -0.4 is 19.9 Å². The van der Waals surface area contributed by atoms with Crippen LogP contribution in [0.15, 0.2) is 36.5 Å². The van der Waals surface area contributed by atoms with Crippen molar-refractivity contribution in [3.63, 3.8) is 0 Å². The van der Waals surface area contributed by atoms with E-state index in [1.54, 1.807) is 0 Å². The molecule has 2 heterocycles. The molecule has 1 amide bonds. The van der Waals surface area contributed by atoms with Crippen molar-refractivity contribution >= 4 is 17.7 Å². The van der Waals surface area contributed by atoms with Gasteiger partial charge in [-0.25, -0.2) is 4.98 Å². The van der Waals surface area contributed by atoms with Gasteiger partial charge in [-0.3, -0.25) is 4.79 Å². The molecule has 30 heavy (non-hydrogen) atoms. The van der Waals surface area contributed by atoms with Gasteiger partial charge in [0.2, 0.25) is 11.9 Å². The zero-order valence-electron chi connectivity index (χ0n) is 18.5. The Kier molecular flexibility index (Phi) is 7.49. The SMILES string of the molecule is CCNC(=O)C(C)c1ccc(O[C@@H]2CCN(c3ccnc(N(CC)CC)n3)C2)cc1. The fraction of sp³-hybridized carbons (Fsp3) is 0.522. The number of hydrogen-bond acceptors (Lipinski definition) is 6. The first-order valence-electron chi connectivity index (χ1n) is 10.9. The third-order valence-corrected chi connectivity index (χ3v) is 5.57. The topological polar surface area (TPSA) is 70.6 Å². The first-order chi connectivity index (χ1) is 14.5. The van der Waals surface area contributed by atoms with Crippen LogP contribution in [0, 0.1) is 0 Å². The molecule has 1 fully saturated rings. The molecule has 7 nitrogen and oxygen atoms in total. The molecule has 1 aliphatic heterocycles. The number of nitrogens with zero attached hydrogens (tertiary/aromatic N) is 4. The zero-order valence-corrected chi connectivity index (χ0v) is 18.5. The van der Waals surface area contributed by atoms with Gasteiger partial charge in [0.05, 0.1) is 12.5 Å². The van der Waals surface area contributed by atoms with Crippen molar-refractivity contribution in [3.8, 4) is 5.75 Å². The first kappa shape index (κ1) is 21.9. The maximum absolute atomic E-state index is 12.0. The first-order valence-corrected chi connectivity index (χ1v) is 10.9. The predicted molar refractivity (Wildman–Crippen MR) is 120 cm³/mol. The highest BCUT2D eigenvalue weighted by molar-refractivity contribution is 5.83. The maximum Gasteiger partial charge on any atom is 0.227 e. The van der Waals surface area contributed by atoms with E-state index in [1.807, 2.05) is 50.4 Å². The van der Waals surface area contributed by atoms with E-state index in [1.165, 1.54) is 0 Å². The van der Waals surface area contributed by atoms with Crippen molar-refractivity contribution in [1.82, 2.24) is 15.3 Å². The standard InChI is InChI=1S/C23H33N5O2/c1-5-24-22(29)17(4)18-8-10-19(11-9-18)30-20-13-15-28(16-20)21-12-14-25-23(26-21)27(6-2)7-3/h8-12,14,17,20H,5-7,13,15-16H2,1-4H3,(H,24,29)/t17?,20-/m1/s1. The number of benzene rings is 1. The highest BCUT2D eigenvalue weighted by atomic mass is 16.5. The number of amides is 1. The highest BCUT2D eigenvalue weighted by Gasteiger charge is 2.26. The van der Waals surface area contributed by atoms with Crippen LogP contribution in [-0.2, 0) is 4.79 Å². The summed E-state index contributed by atoms with van der Waals surface area (Å²) in [7, 11) is 0. The summed E-state index contributed by atoms with van der Waals surface area (Å²) in [6.45, 7) is 12.2. The van der Waals surface area contributed by atoms with E-state index in [0.717, 1.165) is 55.7 Å². The lowest BCUT2D eigenvalue weighted by molar-refractivity contribution is -0.122. The minimum absolute atomic E-state index is 0.0477. The average Bonchev–Trinajstić information content (AvgIpc) is 3.23. The fourth-order valence-electron chi connectivity index (χ4n) is 3.71. The van der Waals surface area contributed by atoms with Gasteiger partial charge in [0.25, 0.3) is 0 Å². The molecule has 0 radical (unpaired) electrons. The van der Waals surface area contributed by atoms with Gasteiger partial charge in [0.1, 0.15) is 17.7 Å². The Labute approximate surface area is 179 Å². The molecule has 3 rings (SSSR count). The van der Waals surface area contributed by atoms with E-state index >= 15 is 0 Å². The van der Waals surface area contributed by atoms with Crippen LogP contribution in [-0.4, -0.2) is 54.7 Å². The third-order valence-electron chi connectivity index (χ3n) is 5.57. The second-order valence-corrected chi connectivity index (χ2v) is 7.55. The van der Waals surface area contributed by atoms with Crippen LogP contribution in [0.25, 0.3) is 0 Å². The van der Waals surface area contributed by atoms with Gasteiger partial charge in [-0.05, 0) is 51.5 Å². The van der Waals surface area contributed by atoms with E-state index < -0.39 is 0 Å². The summed E-state index contributed by atoms with van der Waals surface area (Å²) in [5.74, 6) is 2.44. The molecule has 0 saturated carbocycles. The van der Waals surface area contributed by atoms with Crippen molar-refractivity contribution in [2.45, 2.75) is 46.1 Å². The number of likely N-dealkylation sites (N-methyl/N-ethyl adjacent to an activating group) is 1. The quantitative estimate of drug-likeness (QED) is 0.683. The molecular weight excluding hydrogens is 378 g/mol. The summed E-state index contributed by atoms with van der Waals surface area (Å²) >= 11 is 0. The van der Waals surface area contributed by atoms with E-state index in [4.69, 9.17) is 9.72 Å². The molecule has 2 aromatic rings. The molecule has 1 aromatic carbocycles. The van der Waals surface area contributed by atoms with Crippen LogP contribution in [0.2, 0.25) is 0 Å². The van der Waals surface area contributed by atoms with Gasteiger partial charge in [0, 0.05) is 38.8 Å². The Hall–Kier alpha value is -2.83. The van der Waals surface area contributed by atoms with E-state index in [2.05, 4.69) is 33.9 Å². The normalized spacial score (nSPS) is 16.9. The van der Waals surface area contributed by atoms with E-state index in [9.17, 15) is 4.79 Å². The lowest BCUT2D eigenvalue weighted by Gasteiger charge is -2.22. The predicted octanol–water partition coefficient (Wildman–Crippen LogP) is 3.22.